The number of nitrogen functional groups attached to an aromatic ring is 1. The van der Waals surface area contributed by atoms with E-state index in [0.29, 0.717) is 22.7 Å². The summed E-state index contributed by atoms with van der Waals surface area (Å²) in [6.07, 6.45) is 7.06. The zero-order valence-electron chi connectivity index (χ0n) is 17.0. The molecule has 1 heterocycles. The first kappa shape index (κ1) is 21.7. The van der Waals surface area contributed by atoms with E-state index in [-0.39, 0.29) is 17.1 Å². The predicted molar refractivity (Wildman–Crippen MR) is 121 cm³/mol. The molecule has 3 N–H and O–H groups in total. The van der Waals surface area contributed by atoms with Crippen LogP contribution in [0.25, 0.3) is 0 Å². The van der Waals surface area contributed by atoms with Gasteiger partial charge in [0.25, 0.3) is 0 Å². The van der Waals surface area contributed by atoms with Gasteiger partial charge >= 0.3 is 5.97 Å². The van der Waals surface area contributed by atoms with Crippen LogP contribution in [0.5, 0.6) is 0 Å². The molecular formula is C22H28N2O3S2. The topological polar surface area (TPSA) is 81.4 Å². The van der Waals surface area contributed by atoms with Crippen LogP contribution < -0.4 is 11.1 Å². The second-order valence-corrected chi connectivity index (χ2v) is 9.57. The summed E-state index contributed by atoms with van der Waals surface area (Å²) in [5.41, 5.74) is 8.07. The number of ether oxygens (including phenoxy) is 1. The van der Waals surface area contributed by atoms with E-state index >= 15 is 0 Å². The number of thiophene rings is 1. The number of methoxy groups -OCH3 is 1. The number of anilines is 2. The van der Waals surface area contributed by atoms with Crippen molar-refractivity contribution in [1.29, 1.82) is 0 Å². The first-order valence-corrected chi connectivity index (χ1v) is 11.8. The summed E-state index contributed by atoms with van der Waals surface area (Å²) in [5.74, 6) is -0.452. The van der Waals surface area contributed by atoms with E-state index in [2.05, 4.69) is 5.32 Å². The Morgan fingerprint density at radius 3 is 2.52 bits per heavy atom. The summed E-state index contributed by atoms with van der Waals surface area (Å²) in [7, 11) is 1.40. The van der Waals surface area contributed by atoms with E-state index in [0.717, 1.165) is 36.1 Å². The summed E-state index contributed by atoms with van der Waals surface area (Å²) < 4.78 is 5.05. The Morgan fingerprint density at radius 2 is 1.86 bits per heavy atom. The number of carbonyl (C=O) groups is 2. The van der Waals surface area contributed by atoms with Crippen LogP contribution in [0.2, 0.25) is 0 Å². The third-order valence-electron chi connectivity index (χ3n) is 5.12. The minimum atomic E-state index is -0.363. The van der Waals surface area contributed by atoms with Crippen molar-refractivity contribution in [3.05, 3.63) is 40.3 Å². The largest absolute Gasteiger partial charge is 0.465 e. The zero-order valence-corrected chi connectivity index (χ0v) is 18.6. The van der Waals surface area contributed by atoms with Crippen molar-refractivity contribution in [1.82, 2.24) is 0 Å². The van der Waals surface area contributed by atoms with Gasteiger partial charge in [-0.25, -0.2) is 4.79 Å². The lowest BCUT2D eigenvalue weighted by Crippen LogP contribution is -2.25. The second kappa shape index (κ2) is 10.2. The fourth-order valence-electron chi connectivity index (χ4n) is 3.55. The van der Waals surface area contributed by atoms with Crippen LogP contribution in [-0.4, -0.2) is 24.2 Å². The third-order valence-corrected chi connectivity index (χ3v) is 7.70. The van der Waals surface area contributed by atoms with Gasteiger partial charge in [-0.1, -0.05) is 19.8 Å². The maximum absolute atomic E-state index is 13.0. The Labute approximate surface area is 180 Å². The van der Waals surface area contributed by atoms with Gasteiger partial charge in [0.2, 0.25) is 5.91 Å². The van der Waals surface area contributed by atoms with E-state index < -0.39 is 0 Å². The molecule has 0 fully saturated rings. The van der Waals surface area contributed by atoms with Crippen molar-refractivity contribution < 1.29 is 14.3 Å². The van der Waals surface area contributed by atoms with Gasteiger partial charge in [0.05, 0.1) is 17.9 Å². The number of aryl methyl sites for hydroxylation is 1. The maximum atomic E-state index is 13.0. The molecular weight excluding hydrogens is 404 g/mol. The number of hydrogen-bond acceptors (Lipinski definition) is 6. The maximum Gasteiger partial charge on any atom is 0.341 e. The van der Waals surface area contributed by atoms with Crippen molar-refractivity contribution in [2.45, 2.75) is 62.0 Å². The molecule has 7 heteroatoms. The summed E-state index contributed by atoms with van der Waals surface area (Å²) >= 11 is 3.04. The second-order valence-electron chi connectivity index (χ2n) is 7.19. The molecule has 156 valence electrons. The lowest BCUT2D eigenvalue weighted by atomic mass is 9.96. The minimum Gasteiger partial charge on any atom is -0.465 e. The third kappa shape index (κ3) is 5.34. The van der Waals surface area contributed by atoms with Crippen LogP contribution in [0.3, 0.4) is 0 Å². The van der Waals surface area contributed by atoms with E-state index in [1.807, 2.05) is 31.2 Å². The monoisotopic (exact) mass is 432 g/mol. The van der Waals surface area contributed by atoms with E-state index in [1.165, 1.54) is 47.9 Å². The summed E-state index contributed by atoms with van der Waals surface area (Å²) in [6.45, 7) is 1.99. The Morgan fingerprint density at radius 1 is 1.17 bits per heavy atom. The number of esters is 1. The fourth-order valence-corrected chi connectivity index (χ4v) is 5.79. The van der Waals surface area contributed by atoms with Crippen LogP contribution in [0.1, 0.15) is 59.8 Å². The highest BCUT2D eigenvalue weighted by atomic mass is 32.2. The molecule has 1 aromatic heterocycles. The van der Waals surface area contributed by atoms with Crippen molar-refractivity contribution in [2.24, 2.45) is 0 Å². The van der Waals surface area contributed by atoms with E-state index in [4.69, 9.17) is 10.5 Å². The van der Waals surface area contributed by atoms with Crippen LogP contribution in [0.4, 0.5) is 10.7 Å². The molecule has 1 atom stereocenters. The minimum absolute atomic E-state index is 0.0892. The molecule has 0 saturated heterocycles. The molecule has 1 aliphatic carbocycles. The van der Waals surface area contributed by atoms with Crippen LogP contribution >= 0.6 is 23.1 Å². The number of carbonyl (C=O) groups excluding carboxylic acids is 2. The molecule has 0 radical (unpaired) electrons. The highest BCUT2D eigenvalue weighted by molar-refractivity contribution is 8.00. The average molecular weight is 433 g/mol. The molecule has 1 aliphatic rings. The zero-order chi connectivity index (χ0) is 20.8. The summed E-state index contributed by atoms with van der Waals surface area (Å²) in [5, 5.41) is 3.41. The van der Waals surface area contributed by atoms with Crippen LogP contribution in [0, 0.1) is 0 Å². The molecule has 2 aromatic rings. The van der Waals surface area contributed by atoms with Gasteiger partial charge in [-0.05, 0) is 61.9 Å². The van der Waals surface area contributed by atoms with Gasteiger partial charge in [-0.2, -0.15) is 0 Å². The van der Waals surface area contributed by atoms with Crippen molar-refractivity contribution in [2.75, 3.05) is 18.2 Å². The Hall–Kier alpha value is -1.99. The Bertz CT molecular complexity index is 862. The lowest BCUT2D eigenvalue weighted by Gasteiger charge is -2.15. The Kier molecular flexibility index (Phi) is 7.61. The fraction of sp³-hybridized carbons (Fsp3) is 0.455. The first-order valence-electron chi connectivity index (χ1n) is 10.1. The quantitative estimate of drug-likeness (QED) is 0.368. The normalized spacial score (nSPS) is 15.0. The summed E-state index contributed by atoms with van der Waals surface area (Å²) in [4.78, 5) is 27.8. The highest BCUT2D eigenvalue weighted by Gasteiger charge is 2.27. The molecule has 1 amide bonds. The smallest absolute Gasteiger partial charge is 0.341 e. The van der Waals surface area contributed by atoms with Gasteiger partial charge in [0, 0.05) is 15.5 Å². The van der Waals surface area contributed by atoms with Crippen molar-refractivity contribution in [3.63, 3.8) is 0 Å². The standard InChI is InChI=1S/C22H28N2O3S2/c1-3-17(28-15-12-10-14(23)11-13-15)20(25)24-21-19(22(26)27-2)16-8-6-4-5-7-9-18(16)29-21/h10-13,17H,3-9,23H2,1-2H3,(H,24,25). The van der Waals surface area contributed by atoms with Crippen LogP contribution in [-0.2, 0) is 22.4 Å². The van der Waals surface area contributed by atoms with E-state index in [1.54, 1.807) is 0 Å². The number of amides is 1. The number of nitrogens with two attached hydrogens (primary N) is 1. The van der Waals surface area contributed by atoms with Gasteiger partial charge in [-0.3, -0.25) is 4.79 Å². The van der Waals surface area contributed by atoms with Gasteiger partial charge in [-0.15, -0.1) is 23.1 Å². The molecule has 3 rings (SSSR count). The van der Waals surface area contributed by atoms with Crippen LogP contribution in [0.15, 0.2) is 29.2 Å². The van der Waals surface area contributed by atoms with Crippen molar-refractivity contribution >= 4 is 45.7 Å². The number of benzene rings is 1. The molecule has 1 aromatic carbocycles. The molecule has 5 nitrogen and oxygen atoms in total. The SMILES string of the molecule is CCC(Sc1ccc(N)cc1)C(=O)Nc1sc2c(c1C(=O)OC)CCCCCC2. The van der Waals surface area contributed by atoms with Gasteiger partial charge in [0.1, 0.15) is 5.00 Å². The number of thioether (sulfide) groups is 1. The molecule has 0 bridgehead atoms. The number of rotatable bonds is 6. The molecule has 0 spiro atoms. The van der Waals surface area contributed by atoms with Crippen molar-refractivity contribution in [3.8, 4) is 0 Å². The average Bonchev–Trinajstić information content (AvgIpc) is 3.02. The molecule has 1 unspecified atom stereocenters. The molecule has 0 aliphatic heterocycles. The predicted octanol–water partition coefficient (Wildman–Crippen LogP) is 5.29. The number of fused-ring (bicyclic) bond motifs is 1. The Balaban J connectivity index is 1.83. The number of hydrogen-bond donors (Lipinski definition) is 2. The molecule has 29 heavy (non-hydrogen) atoms. The molecule has 0 saturated carbocycles. The van der Waals surface area contributed by atoms with E-state index in [9.17, 15) is 9.59 Å². The first-order chi connectivity index (χ1) is 14.0. The van der Waals surface area contributed by atoms with Gasteiger partial charge < -0.3 is 15.8 Å². The highest BCUT2D eigenvalue weighted by Crippen LogP contribution is 2.38. The lowest BCUT2D eigenvalue weighted by molar-refractivity contribution is -0.115. The number of nitrogens with one attached hydrogen (secondary N) is 1. The summed E-state index contributed by atoms with van der Waals surface area (Å²) in [6, 6.07) is 7.52. The van der Waals surface area contributed by atoms with Gasteiger partial charge in [0.15, 0.2) is 0 Å².